The number of piperidine rings is 1. The van der Waals surface area contributed by atoms with Crippen molar-refractivity contribution in [1.82, 2.24) is 5.32 Å². The van der Waals surface area contributed by atoms with E-state index in [-0.39, 0.29) is 25.1 Å². The molecule has 2 aliphatic rings. The third-order valence-electron chi connectivity index (χ3n) is 4.66. The van der Waals surface area contributed by atoms with Gasteiger partial charge in [0, 0.05) is 24.8 Å². The van der Waals surface area contributed by atoms with E-state index in [1.807, 2.05) is 17.0 Å². The third kappa shape index (κ3) is 4.37. The summed E-state index contributed by atoms with van der Waals surface area (Å²) in [5.41, 5.74) is 2.10. The average molecular weight is 372 g/mol. The van der Waals surface area contributed by atoms with Gasteiger partial charge in [-0.15, -0.1) is 0 Å². The van der Waals surface area contributed by atoms with Crippen molar-refractivity contribution in [3.8, 4) is 0 Å². The second-order valence-corrected chi connectivity index (χ2v) is 6.57. The fourth-order valence-corrected chi connectivity index (χ4v) is 3.23. The van der Waals surface area contributed by atoms with E-state index in [1.54, 1.807) is 12.1 Å². The van der Waals surface area contributed by atoms with E-state index in [4.69, 9.17) is 11.3 Å². The van der Waals surface area contributed by atoms with Crippen LogP contribution in [0, 0.1) is 6.57 Å². The third-order valence-corrected chi connectivity index (χ3v) is 4.66. The van der Waals surface area contributed by atoms with Gasteiger partial charge in [-0.25, -0.2) is 14.0 Å². The van der Waals surface area contributed by atoms with Gasteiger partial charge in [0.25, 0.3) is 0 Å². The Balaban J connectivity index is 1.62. The van der Waals surface area contributed by atoms with Crippen molar-refractivity contribution in [3.63, 3.8) is 0 Å². The molecule has 27 heavy (non-hydrogen) atoms. The number of halogens is 1. The minimum absolute atomic E-state index is 0.170. The highest BCUT2D eigenvalue weighted by atomic mass is 19.1. The van der Waals surface area contributed by atoms with Gasteiger partial charge >= 0.3 is 6.09 Å². The highest BCUT2D eigenvalue weighted by Crippen LogP contribution is 2.28. The number of rotatable bonds is 4. The molecular formula is C19H21FN4O3. The van der Waals surface area contributed by atoms with Gasteiger partial charge in [0.2, 0.25) is 5.91 Å². The first kappa shape index (κ1) is 18.7. The molecule has 2 aliphatic heterocycles. The SMILES string of the molecule is [C-]#[N+]/C=C1/CCN(c2ccc(N3C[C@H](CNC(C)=O)OC3=O)cc2)CC1F. The van der Waals surface area contributed by atoms with E-state index in [2.05, 4.69) is 10.2 Å². The van der Waals surface area contributed by atoms with Crippen molar-refractivity contribution in [1.29, 1.82) is 0 Å². The smallest absolute Gasteiger partial charge is 0.414 e. The van der Waals surface area contributed by atoms with Crippen molar-refractivity contribution in [2.24, 2.45) is 0 Å². The number of carbonyl (C=O) groups excluding carboxylic acids is 2. The van der Waals surface area contributed by atoms with Crippen molar-refractivity contribution in [2.45, 2.75) is 25.6 Å². The topological polar surface area (TPSA) is 66.2 Å². The summed E-state index contributed by atoms with van der Waals surface area (Å²) in [6.45, 7) is 9.74. The van der Waals surface area contributed by atoms with Gasteiger partial charge in [0.05, 0.1) is 26.2 Å². The fraction of sp³-hybridized carbons (Fsp3) is 0.421. The van der Waals surface area contributed by atoms with Crippen LogP contribution in [0.4, 0.5) is 20.6 Å². The van der Waals surface area contributed by atoms with Crippen LogP contribution in [0.25, 0.3) is 4.85 Å². The largest absolute Gasteiger partial charge is 0.442 e. The molecule has 0 aromatic heterocycles. The standard InChI is InChI=1S/C19H21FN4O3/c1-13(25)22-10-17-11-24(19(26)27-17)16-5-3-15(4-6-16)23-8-7-14(9-21-2)18(20)12-23/h3-6,9,17-18H,7-8,10-12H2,1H3,(H,22,25)/b14-9-/t17-,18?/m0/s1. The van der Waals surface area contributed by atoms with Gasteiger partial charge in [-0.1, -0.05) is 0 Å². The monoisotopic (exact) mass is 372 g/mol. The summed E-state index contributed by atoms with van der Waals surface area (Å²) in [5, 5.41) is 2.64. The maximum Gasteiger partial charge on any atom is 0.414 e. The molecule has 1 N–H and O–H groups in total. The molecule has 2 heterocycles. The number of benzene rings is 1. The first-order valence-corrected chi connectivity index (χ1v) is 8.75. The van der Waals surface area contributed by atoms with E-state index in [0.29, 0.717) is 30.8 Å². The molecule has 2 fully saturated rings. The van der Waals surface area contributed by atoms with Crippen LogP contribution in [0.3, 0.4) is 0 Å². The predicted molar refractivity (Wildman–Crippen MR) is 99.2 cm³/mol. The molecule has 142 valence electrons. The number of alkyl halides is 1. The lowest BCUT2D eigenvalue weighted by atomic mass is 10.0. The maximum atomic E-state index is 14.2. The van der Waals surface area contributed by atoms with Crippen LogP contribution >= 0.6 is 0 Å². The summed E-state index contributed by atoms with van der Waals surface area (Å²) in [4.78, 5) is 29.6. The summed E-state index contributed by atoms with van der Waals surface area (Å²) in [5.74, 6) is -0.170. The van der Waals surface area contributed by atoms with Gasteiger partial charge in [-0.05, 0) is 36.3 Å². The molecule has 0 aliphatic carbocycles. The number of amides is 2. The predicted octanol–water partition coefficient (Wildman–Crippen LogP) is 2.50. The summed E-state index contributed by atoms with van der Waals surface area (Å²) in [7, 11) is 0. The number of cyclic esters (lactones) is 1. The number of carbonyl (C=O) groups is 2. The number of hydrogen-bond acceptors (Lipinski definition) is 4. The van der Waals surface area contributed by atoms with Gasteiger partial charge in [-0.2, -0.15) is 0 Å². The number of anilines is 2. The second-order valence-electron chi connectivity index (χ2n) is 6.57. The second kappa shape index (κ2) is 8.08. The lowest BCUT2D eigenvalue weighted by molar-refractivity contribution is -0.119. The van der Waals surface area contributed by atoms with Crippen LogP contribution in [-0.2, 0) is 9.53 Å². The summed E-state index contributed by atoms with van der Waals surface area (Å²) >= 11 is 0. The van der Waals surface area contributed by atoms with Crippen LogP contribution in [0.5, 0.6) is 0 Å². The molecule has 0 saturated carbocycles. The summed E-state index contributed by atoms with van der Waals surface area (Å²) in [6, 6.07) is 7.30. The number of hydrogen-bond donors (Lipinski definition) is 1. The lowest BCUT2D eigenvalue weighted by Gasteiger charge is -2.33. The van der Waals surface area contributed by atoms with Gasteiger partial charge in [0.15, 0.2) is 6.20 Å². The average Bonchev–Trinajstić information content (AvgIpc) is 3.03. The molecular weight excluding hydrogens is 351 g/mol. The molecule has 2 atom stereocenters. The van der Waals surface area contributed by atoms with Crippen molar-refractivity contribution < 1.29 is 18.7 Å². The summed E-state index contributed by atoms with van der Waals surface area (Å²) in [6.07, 6.45) is -0.177. The zero-order valence-corrected chi connectivity index (χ0v) is 15.0. The molecule has 3 rings (SSSR count). The van der Waals surface area contributed by atoms with E-state index in [1.165, 1.54) is 18.0 Å². The lowest BCUT2D eigenvalue weighted by Crippen LogP contribution is -2.37. The highest BCUT2D eigenvalue weighted by Gasteiger charge is 2.32. The normalized spacial score (nSPS) is 23.9. The molecule has 2 saturated heterocycles. The maximum absolute atomic E-state index is 14.2. The Kier molecular flexibility index (Phi) is 5.60. The molecule has 0 spiro atoms. The molecule has 8 heteroatoms. The zero-order chi connectivity index (χ0) is 19.4. The van der Waals surface area contributed by atoms with Crippen LogP contribution in [0.2, 0.25) is 0 Å². The highest BCUT2D eigenvalue weighted by molar-refractivity contribution is 5.90. The fourth-order valence-electron chi connectivity index (χ4n) is 3.23. The first-order valence-electron chi connectivity index (χ1n) is 8.75. The van der Waals surface area contributed by atoms with Crippen molar-refractivity contribution in [3.05, 3.63) is 47.5 Å². The van der Waals surface area contributed by atoms with E-state index < -0.39 is 12.3 Å². The molecule has 7 nitrogen and oxygen atoms in total. The van der Waals surface area contributed by atoms with Crippen molar-refractivity contribution in [2.75, 3.05) is 36.0 Å². The number of ether oxygens (including phenoxy) is 1. The molecule has 1 unspecified atom stereocenters. The summed E-state index contributed by atoms with van der Waals surface area (Å²) < 4.78 is 19.4. The van der Waals surface area contributed by atoms with Gasteiger partial charge in [0.1, 0.15) is 12.3 Å². The van der Waals surface area contributed by atoms with E-state index >= 15 is 0 Å². The van der Waals surface area contributed by atoms with Crippen molar-refractivity contribution >= 4 is 23.4 Å². The molecule has 1 aromatic rings. The molecule has 0 radical (unpaired) electrons. The number of nitrogens with one attached hydrogen (secondary N) is 1. The van der Waals surface area contributed by atoms with Crippen LogP contribution in [0.1, 0.15) is 13.3 Å². The molecule has 0 bridgehead atoms. The zero-order valence-electron chi connectivity index (χ0n) is 15.0. The molecule has 1 aromatic carbocycles. The first-order chi connectivity index (χ1) is 13.0. The van der Waals surface area contributed by atoms with Gasteiger partial charge in [-0.3, -0.25) is 9.69 Å². The molecule has 2 amide bonds. The Bertz CT molecular complexity index is 787. The Morgan fingerprint density at radius 2 is 2.07 bits per heavy atom. The Hall–Kier alpha value is -3.08. The van der Waals surface area contributed by atoms with Crippen LogP contribution in [-0.4, -0.2) is 50.5 Å². The quantitative estimate of drug-likeness (QED) is 0.825. The van der Waals surface area contributed by atoms with E-state index in [0.717, 1.165) is 5.69 Å². The van der Waals surface area contributed by atoms with Crippen LogP contribution in [0.15, 0.2) is 36.0 Å². The minimum atomic E-state index is -1.14. The Morgan fingerprint density at radius 3 is 2.70 bits per heavy atom. The van der Waals surface area contributed by atoms with Gasteiger partial charge < -0.3 is 15.0 Å². The number of nitrogens with zero attached hydrogens (tertiary/aromatic N) is 3. The van der Waals surface area contributed by atoms with E-state index in [9.17, 15) is 14.0 Å². The Labute approximate surface area is 157 Å². The van der Waals surface area contributed by atoms with Crippen LogP contribution < -0.4 is 15.1 Å². The minimum Gasteiger partial charge on any atom is -0.442 e. The Morgan fingerprint density at radius 1 is 1.37 bits per heavy atom.